The van der Waals surface area contributed by atoms with Gasteiger partial charge in [-0.1, -0.05) is 6.07 Å². The summed E-state index contributed by atoms with van der Waals surface area (Å²) in [7, 11) is 0. The maximum atomic E-state index is 11.5. The van der Waals surface area contributed by atoms with E-state index in [0.29, 0.717) is 31.0 Å². The lowest BCUT2D eigenvalue weighted by Gasteiger charge is -2.06. The molecule has 0 aliphatic carbocycles. The SMILES string of the molecule is CCOc1cccc(C(=O)NCCN)c1.Cl. The summed E-state index contributed by atoms with van der Waals surface area (Å²) in [6.45, 7) is 3.42. The van der Waals surface area contributed by atoms with Gasteiger partial charge in [0.05, 0.1) is 6.61 Å². The molecule has 3 N–H and O–H groups in total. The van der Waals surface area contributed by atoms with Crippen LogP contribution in [-0.4, -0.2) is 25.6 Å². The van der Waals surface area contributed by atoms with Crippen molar-refractivity contribution in [2.75, 3.05) is 19.7 Å². The number of amides is 1. The lowest BCUT2D eigenvalue weighted by atomic mass is 10.2. The highest BCUT2D eigenvalue weighted by Gasteiger charge is 2.04. The van der Waals surface area contributed by atoms with Crippen LogP contribution >= 0.6 is 12.4 Å². The van der Waals surface area contributed by atoms with Gasteiger partial charge in [-0.05, 0) is 25.1 Å². The smallest absolute Gasteiger partial charge is 0.251 e. The van der Waals surface area contributed by atoms with Crippen molar-refractivity contribution < 1.29 is 9.53 Å². The van der Waals surface area contributed by atoms with Crippen molar-refractivity contribution in [1.29, 1.82) is 0 Å². The molecule has 0 unspecified atom stereocenters. The van der Waals surface area contributed by atoms with Crippen molar-refractivity contribution >= 4 is 18.3 Å². The first-order chi connectivity index (χ1) is 7.27. The van der Waals surface area contributed by atoms with E-state index in [-0.39, 0.29) is 18.3 Å². The van der Waals surface area contributed by atoms with Gasteiger partial charge in [0.1, 0.15) is 5.75 Å². The third-order valence-corrected chi connectivity index (χ3v) is 1.84. The van der Waals surface area contributed by atoms with E-state index in [1.54, 1.807) is 18.2 Å². The number of hydrogen-bond donors (Lipinski definition) is 2. The highest BCUT2D eigenvalue weighted by atomic mass is 35.5. The quantitative estimate of drug-likeness (QED) is 0.818. The number of rotatable bonds is 5. The first-order valence-corrected chi connectivity index (χ1v) is 4.99. The molecule has 0 aromatic heterocycles. The number of hydrogen-bond acceptors (Lipinski definition) is 3. The van der Waals surface area contributed by atoms with Gasteiger partial charge in [-0.15, -0.1) is 12.4 Å². The molecular formula is C11H17ClN2O2. The highest BCUT2D eigenvalue weighted by Crippen LogP contribution is 2.12. The van der Waals surface area contributed by atoms with Crippen LogP contribution in [0, 0.1) is 0 Å². The fraction of sp³-hybridized carbons (Fsp3) is 0.364. The first kappa shape index (κ1) is 14.7. The van der Waals surface area contributed by atoms with E-state index < -0.39 is 0 Å². The van der Waals surface area contributed by atoms with E-state index >= 15 is 0 Å². The van der Waals surface area contributed by atoms with Crippen molar-refractivity contribution in [3.63, 3.8) is 0 Å². The average molecular weight is 245 g/mol. The number of benzene rings is 1. The number of nitrogens with two attached hydrogens (primary N) is 1. The van der Waals surface area contributed by atoms with Crippen LogP contribution in [0.5, 0.6) is 5.75 Å². The van der Waals surface area contributed by atoms with Crippen molar-refractivity contribution in [3.05, 3.63) is 29.8 Å². The highest BCUT2D eigenvalue weighted by molar-refractivity contribution is 5.94. The molecule has 0 heterocycles. The fourth-order valence-electron chi connectivity index (χ4n) is 1.18. The topological polar surface area (TPSA) is 64.3 Å². The zero-order chi connectivity index (χ0) is 11.1. The molecule has 5 heteroatoms. The van der Waals surface area contributed by atoms with Gasteiger partial charge < -0.3 is 15.8 Å². The predicted octanol–water partition coefficient (Wildman–Crippen LogP) is 1.20. The molecule has 1 amide bonds. The molecule has 90 valence electrons. The van der Waals surface area contributed by atoms with Crippen LogP contribution < -0.4 is 15.8 Å². The second-order valence-electron chi connectivity index (χ2n) is 3.01. The van der Waals surface area contributed by atoms with Crippen LogP contribution in [0.3, 0.4) is 0 Å². The summed E-state index contributed by atoms with van der Waals surface area (Å²) >= 11 is 0. The Morgan fingerprint density at radius 2 is 2.25 bits per heavy atom. The molecule has 1 aromatic rings. The molecular weight excluding hydrogens is 228 g/mol. The minimum Gasteiger partial charge on any atom is -0.494 e. The second-order valence-corrected chi connectivity index (χ2v) is 3.01. The summed E-state index contributed by atoms with van der Waals surface area (Å²) in [4.78, 5) is 11.5. The summed E-state index contributed by atoms with van der Waals surface area (Å²) in [5.74, 6) is 0.583. The van der Waals surface area contributed by atoms with Crippen molar-refractivity contribution in [2.24, 2.45) is 5.73 Å². The van der Waals surface area contributed by atoms with Gasteiger partial charge in [0.2, 0.25) is 0 Å². The molecule has 0 radical (unpaired) electrons. The molecule has 0 aliphatic heterocycles. The molecule has 0 atom stereocenters. The van der Waals surface area contributed by atoms with Crippen LogP contribution in [0.15, 0.2) is 24.3 Å². The zero-order valence-electron chi connectivity index (χ0n) is 9.23. The predicted molar refractivity (Wildman–Crippen MR) is 66.2 cm³/mol. The van der Waals surface area contributed by atoms with Crippen LogP contribution in [0.2, 0.25) is 0 Å². The van der Waals surface area contributed by atoms with E-state index in [1.807, 2.05) is 13.0 Å². The molecule has 4 nitrogen and oxygen atoms in total. The Kier molecular flexibility index (Phi) is 7.33. The molecule has 0 spiro atoms. The monoisotopic (exact) mass is 244 g/mol. The number of halogens is 1. The van der Waals surface area contributed by atoms with Crippen LogP contribution in [-0.2, 0) is 0 Å². The van der Waals surface area contributed by atoms with E-state index in [4.69, 9.17) is 10.5 Å². The maximum Gasteiger partial charge on any atom is 0.251 e. The molecule has 16 heavy (non-hydrogen) atoms. The summed E-state index contributed by atoms with van der Waals surface area (Å²) in [6, 6.07) is 7.08. The average Bonchev–Trinajstić information content (AvgIpc) is 2.27. The first-order valence-electron chi connectivity index (χ1n) is 4.99. The molecule has 1 aromatic carbocycles. The number of carbonyl (C=O) groups excluding carboxylic acids is 1. The van der Waals surface area contributed by atoms with Crippen LogP contribution in [0.25, 0.3) is 0 Å². The molecule has 0 aliphatic rings. The van der Waals surface area contributed by atoms with Crippen molar-refractivity contribution in [2.45, 2.75) is 6.92 Å². The third-order valence-electron chi connectivity index (χ3n) is 1.84. The Balaban J connectivity index is 0.00000225. The molecule has 1 rings (SSSR count). The van der Waals surface area contributed by atoms with Gasteiger partial charge in [0, 0.05) is 18.7 Å². The Bertz CT molecular complexity index is 332. The summed E-state index contributed by atoms with van der Waals surface area (Å²) in [6.07, 6.45) is 0. The normalized spacial score (nSPS) is 9.12. The Morgan fingerprint density at radius 3 is 2.88 bits per heavy atom. The molecule has 0 fully saturated rings. The molecule has 0 bridgehead atoms. The van der Waals surface area contributed by atoms with E-state index in [0.717, 1.165) is 0 Å². The number of ether oxygens (including phenoxy) is 1. The van der Waals surface area contributed by atoms with Gasteiger partial charge in [-0.25, -0.2) is 0 Å². The van der Waals surface area contributed by atoms with Crippen LogP contribution in [0.1, 0.15) is 17.3 Å². The Hall–Kier alpha value is -1.26. The van der Waals surface area contributed by atoms with Crippen molar-refractivity contribution in [3.8, 4) is 5.75 Å². The molecule has 0 saturated carbocycles. The number of nitrogens with one attached hydrogen (secondary N) is 1. The molecule has 0 saturated heterocycles. The summed E-state index contributed by atoms with van der Waals surface area (Å²) in [5, 5.41) is 2.70. The minimum absolute atomic E-state index is 0. The fourth-order valence-corrected chi connectivity index (χ4v) is 1.18. The van der Waals surface area contributed by atoms with Crippen LogP contribution in [0.4, 0.5) is 0 Å². The zero-order valence-corrected chi connectivity index (χ0v) is 10.0. The maximum absolute atomic E-state index is 11.5. The van der Waals surface area contributed by atoms with E-state index in [2.05, 4.69) is 5.32 Å². The summed E-state index contributed by atoms with van der Waals surface area (Å²) < 4.78 is 5.30. The largest absolute Gasteiger partial charge is 0.494 e. The van der Waals surface area contributed by atoms with E-state index in [9.17, 15) is 4.79 Å². The van der Waals surface area contributed by atoms with Gasteiger partial charge in [0.15, 0.2) is 0 Å². The minimum atomic E-state index is -0.123. The Labute approximate surface area is 102 Å². The number of carbonyl (C=O) groups is 1. The second kappa shape index (κ2) is 7.96. The third kappa shape index (κ3) is 4.51. The lowest BCUT2D eigenvalue weighted by molar-refractivity contribution is 0.0954. The lowest BCUT2D eigenvalue weighted by Crippen LogP contribution is -2.28. The summed E-state index contributed by atoms with van der Waals surface area (Å²) in [5.41, 5.74) is 5.89. The Morgan fingerprint density at radius 1 is 1.50 bits per heavy atom. The van der Waals surface area contributed by atoms with Gasteiger partial charge >= 0.3 is 0 Å². The van der Waals surface area contributed by atoms with Gasteiger partial charge in [0.25, 0.3) is 5.91 Å². The van der Waals surface area contributed by atoms with Crippen molar-refractivity contribution in [1.82, 2.24) is 5.32 Å². The van der Waals surface area contributed by atoms with E-state index in [1.165, 1.54) is 0 Å². The standard InChI is InChI=1S/C11H16N2O2.ClH/c1-2-15-10-5-3-4-9(8-10)11(14)13-7-6-12;/h3-5,8H,2,6-7,12H2,1H3,(H,13,14);1H. The van der Waals surface area contributed by atoms with Gasteiger partial charge in [-0.3, -0.25) is 4.79 Å². The van der Waals surface area contributed by atoms with Gasteiger partial charge in [-0.2, -0.15) is 0 Å².